The molecule has 3 rings (SSSR count). The summed E-state index contributed by atoms with van der Waals surface area (Å²) in [4.78, 5) is 10.9. The molecule has 0 bridgehead atoms. The third-order valence-electron chi connectivity index (χ3n) is 3.84. The van der Waals surface area contributed by atoms with Crippen LogP contribution in [0.3, 0.4) is 0 Å². The van der Waals surface area contributed by atoms with Gasteiger partial charge in [0.2, 0.25) is 5.95 Å². The Labute approximate surface area is 131 Å². The normalized spacial score (nSPS) is 17.7. The van der Waals surface area contributed by atoms with Gasteiger partial charge in [-0.05, 0) is 36.6 Å². The van der Waals surface area contributed by atoms with Gasteiger partial charge in [0.25, 0.3) is 0 Å². The number of piperidine rings is 1. The lowest BCUT2D eigenvalue weighted by atomic mass is 9.98. The summed E-state index contributed by atoms with van der Waals surface area (Å²) in [5.74, 6) is 7.85. The Hall–Kier alpha value is -2.38. The van der Waals surface area contributed by atoms with Crippen molar-refractivity contribution in [1.82, 2.24) is 9.97 Å². The predicted octanol–water partition coefficient (Wildman–Crippen LogP) is 2.20. The first-order valence-corrected chi connectivity index (χ1v) is 7.67. The molecule has 22 heavy (non-hydrogen) atoms. The number of benzene rings is 1. The molecule has 1 aromatic carbocycles. The Kier molecular flexibility index (Phi) is 4.67. The van der Waals surface area contributed by atoms with Crippen molar-refractivity contribution in [1.29, 1.82) is 0 Å². The van der Waals surface area contributed by atoms with E-state index in [-0.39, 0.29) is 0 Å². The van der Waals surface area contributed by atoms with E-state index in [0.29, 0.717) is 12.5 Å². The minimum absolute atomic E-state index is 0.360. The lowest BCUT2D eigenvalue weighted by Gasteiger charge is -2.30. The Morgan fingerprint density at radius 3 is 2.91 bits per heavy atom. The van der Waals surface area contributed by atoms with Gasteiger partial charge in [-0.15, -0.1) is 0 Å². The second-order valence-electron chi connectivity index (χ2n) is 5.51. The van der Waals surface area contributed by atoms with Crippen LogP contribution in [0.15, 0.2) is 42.7 Å². The molecule has 1 aromatic heterocycles. The van der Waals surface area contributed by atoms with Crippen LogP contribution in [0, 0.1) is 17.8 Å². The molecule has 0 spiro atoms. The second-order valence-corrected chi connectivity index (χ2v) is 5.51. The van der Waals surface area contributed by atoms with Gasteiger partial charge in [-0.3, -0.25) is 0 Å². The average Bonchev–Trinajstić information content (AvgIpc) is 2.61. The van der Waals surface area contributed by atoms with E-state index >= 15 is 0 Å². The van der Waals surface area contributed by atoms with E-state index in [4.69, 9.17) is 5.73 Å². The summed E-state index contributed by atoms with van der Waals surface area (Å²) in [6, 6.07) is 9.98. The molecule has 1 aliphatic heterocycles. The van der Waals surface area contributed by atoms with Gasteiger partial charge < -0.3 is 10.6 Å². The molecule has 1 fully saturated rings. The van der Waals surface area contributed by atoms with Gasteiger partial charge in [0, 0.05) is 43.5 Å². The Morgan fingerprint density at radius 1 is 1.23 bits per heavy atom. The van der Waals surface area contributed by atoms with Crippen LogP contribution < -0.4 is 10.6 Å². The second kappa shape index (κ2) is 7.06. The Balaban J connectivity index is 1.69. The minimum atomic E-state index is 0.360. The molecule has 0 radical (unpaired) electrons. The SMILES string of the molecule is NCc1cccc(C#CC2CCCN(c3ncccn3)C2)c1. The molecule has 2 heterocycles. The first-order chi connectivity index (χ1) is 10.8. The van der Waals surface area contributed by atoms with Crippen molar-refractivity contribution in [2.45, 2.75) is 19.4 Å². The molecule has 0 amide bonds. The van der Waals surface area contributed by atoms with E-state index in [9.17, 15) is 0 Å². The third-order valence-corrected chi connectivity index (χ3v) is 3.84. The molecule has 112 valence electrons. The van der Waals surface area contributed by atoms with Gasteiger partial charge in [0.05, 0.1) is 0 Å². The summed E-state index contributed by atoms with van der Waals surface area (Å²) in [7, 11) is 0. The van der Waals surface area contributed by atoms with E-state index in [2.05, 4.69) is 32.8 Å². The van der Waals surface area contributed by atoms with Crippen molar-refractivity contribution in [2.75, 3.05) is 18.0 Å². The first kappa shape index (κ1) is 14.6. The number of nitrogens with zero attached hydrogens (tertiary/aromatic N) is 3. The van der Waals surface area contributed by atoms with Crippen molar-refractivity contribution < 1.29 is 0 Å². The molecule has 4 nitrogen and oxygen atoms in total. The quantitative estimate of drug-likeness (QED) is 0.862. The topological polar surface area (TPSA) is 55.0 Å². The molecule has 0 aliphatic carbocycles. The number of anilines is 1. The van der Waals surface area contributed by atoms with Gasteiger partial charge in [-0.25, -0.2) is 9.97 Å². The summed E-state index contributed by atoms with van der Waals surface area (Å²) in [6.45, 7) is 2.45. The lowest BCUT2D eigenvalue weighted by Crippen LogP contribution is -2.36. The highest BCUT2D eigenvalue weighted by atomic mass is 15.2. The molecule has 1 atom stereocenters. The maximum atomic E-state index is 5.67. The maximum Gasteiger partial charge on any atom is 0.225 e. The molecule has 4 heteroatoms. The number of hydrogen-bond acceptors (Lipinski definition) is 4. The predicted molar refractivity (Wildman–Crippen MR) is 88.2 cm³/mol. The first-order valence-electron chi connectivity index (χ1n) is 7.67. The van der Waals surface area contributed by atoms with Gasteiger partial charge in [0.1, 0.15) is 0 Å². The highest BCUT2D eigenvalue weighted by Gasteiger charge is 2.19. The largest absolute Gasteiger partial charge is 0.340 e. The maximum absolute atomic E-state index is 5.67. The fourth-order valence-corrected chi connectivity index (χ4v) is 2.69. The van der Waals surface area contributed by atoms with Crippen LogP contribution in [0.1, 0.15) is 24.0 Å². The fraction of sp³-hybridized carbons (Fsp3) is 0.333. The average molecular weight is 292 g/mol. The number of rotatable bonds is 2. The van der Waals surface area contributed by atoms with E-state index in [1.54, 1.807) is 12.4 Å². The molecule has 2 N–H and O–H groups in total. The molecule has 1 unspecified atom stereocenters. The van der Waals surface area contributed by atoms with Crippen LogP contribution in [-0.4, -0.2) is 23.1 Å². The van der Waals surface area contributed by atoms with Crippen molar-refractivity contribution in [3.8, 4) is 11.8 Å². The zero-order valence-corrected chi connectivity index (χ0v) is 12.6. The van der Waals surface area contributed by atoms with E-state index < -0.39 is 0 Å². The Bertz CT molecular complexity index is 672. The van der Waals surface area contributed by atoms with Gasteiger partial charge in [0.15, 0.2) is 0 Å². The summed E-state index contributed by atoms with van der Waals surface area (Å²) < 4.78 is 0. The molecular weight excluding hydrogens is 272 g/mol. The highest BCUT2D eigenvalue weighted by Crippen LogP contribution is 2.19. The molecule has 2 aromatic rings. The molecule has 0 saturated carbocycles. The van der Waals surface area contributed by atoms with Crippen molar-refractivity contribution in [3.63, 3.8) is 0 Å². The zero-order chi connectivity index (χ0) is 15.2. The van der Waals surface area contributed by atoms with Crippen molar-refractivity contribution >= 4 is 5.95 Å². The van der Waals surface area contributed by atoms with Crippen LogP contribution >= 0.6 is 0 Å². The number of hydrogen-bond donors (Lipinski definition) is 1. The van der Waals surface area contributed by atoms with E-state index in [1.807, 2.05) is 24.3 Å². The standard InChI is InChI=1S/C18H20N4/c19-13-17-5-1-4-15(12-17)7-8-16-6-2-11-22(14-16)18-20-9-3-10-21-18/h1,3-5,9-10,12,16H,2,6,11,13-14,19H2. The minimum Gasteiger partial charge on any atom is -0.340 e. The van der Waals surface area contributed by atoms with Crippen LogP contribution in [0.4, 0.5) is 5.95 Å². The lowest BCUT2D eigenvalue weighted by molar-refractivity contribution is 0.491. The van der Waals surface area contributed by atoms with Gasteiger partial charge in [-0.1, -0.05) is 24.0 Å². The number of aromatic nitrogens is 2. The smallest absolute Gasteiger partial charge is 0.225 e. The zero-order valence-electron chi connectivity index (χ0n) is 12.6. The van der Waals surface area contributed by atoms with Crippen molar-refractivity contribution in [3.05, 3.63) is 53.9 Å². The summed E-state index contributed by atoms with van der Waals surface area (Å²) >= 11 is 0. The monoisotopic (exact) mass is 292 g/mol. The number of nitrogens with two attached hydrogens (primary N) is 1. The van der Waals surface area contributed by atoms with Crippen LogP contribution in [0.25, 0.3) is 0 Å². The van der Waals surface area contributed by atoms with E-state index in [1.165, 1.54) is 0 Å². The molecular formula is C18H20N4. The summed E-state index contributed by atoms with van der Waals surface area (Å²) in [6.07, 6.45) is 5.83. The highest BCUT2D eigenvalue weighted by molar-refractivity contribution is 5.38. The summed E-state index contributed by atoms with van der Waals surface area (Å²) in [5.41, 5.74) is 7.83. The molecule has 1 saturated heterocycles. The fourth-order valence-electron chi connectivity index (χ4n) is 2.69. The van der Waals surface area contributed by atoms with Gasteiger partial charge in [-0.2, -0.15) is 0 Å². The van der Waals surface area contributed by atoms with Crippen LogP contribution in [0.2, 0.25) is 0 Å². The van der Waals surface area contributed by atoms with Crippen LogP contribution in [-0.2, 0) is 6.54 Å². The van der Waals surface area contributed by atoms with Crippen molar-refractivity contribution in [2.24, 2.45) is 11.7 Å². The Morgan fingerprint density at radius 2 is 2.09 bits per heavy atom. The van der Waals surface area contributed by atoms with Gasteiger partial charge >= 0.3 is 0 Å². The molecule has 1 aliphatic rings. The van der Waals surface area contributed by atoms with E-state index in [0.717, 1.165) is 43.0 Å². The van der Waals surface area contributed by atoms with Crippen LogP contribution in [0.5, 0.6) is 0 Å². The third kappa shape index (κ3) is 3.63. The summed E-state index contributed by atoms with van der Waals surface area (Å²) in [5, 5.41) is 0.